The molecule has 0 heterocycles. The smallest absolute Gasteiger partial charge is 0.328 e. The molecule has 0 atom stereocenters. The highest BCUT2D eigenvalue weighted by molar-refractivity contribution is 5.80. The first-order chi connectivity index (χ1) is 5.37. The number of carboxylic acid groups (broad SMARTS) is 1. The summed E-state index contributed by atoms with van der Waals surface area (Å²) in [6.45, 7) is 5.26. The Morgan fingerprint density at radius 2 is 2.00 bits per heavy atom. The van der Waals surface area contributed by atoms with Gasteiger partial charge < -0.3 is 9.90 Å². The first kappa shape index (κ1) is 10.9. The van der Waals surface area contributed by atoms with Gasteiger partial charge in [-0.2, -0.15) is 0 Å². The van der Waals surface area contributed by atoms with Gasteiger partial charge in [0.2, 0.25) is 0 Å². The van der Waals surface area contributed by atoms with Crippen molar-refractivity contribution < 1.29 is 14.7 Å². The van der Waals surface area contributed by atoms with Gasteiger partial charge in [0, 0.05) is 11.5 Å². The van der Waals surface area contributed by atoms with E-state index in [0.29, 0.717) is 12.0 Å². The third-order valence-electron chi connectivity index (χ3n) is 1.42. The Hall–Kier alpha value is -1.12. The van der Waals surface area contributed by atoms with Crippen molar-refractivity contribution in [3.8, 4) is 0 Å². The first-order valence-electron chi connectivity index (χ1n) is 3.74. The second kappa shape index (κ2) is 4.04. The lowest BCUT2D eigenvalue weighted by Crippen LogP contribution is -2.13. The van der Waals surface area contributed by atoms with E-state index in [-0.39, 0.29) is 0 Å². The number of rotatable bonds is 4. The van der Waals surface area contributed by atoms with Crippen molar-refractivity contribution in [2.45, 2.75) is 27.2 Å². The fourth-order valence-electron chi connectivity index (χ4n) is 1.02. The van der Waals surface area contributed by atoms with Crippen molar-refractivity contribution in [3.05, 3.63) is 11.6 Å². The lowest BCUT2D eigenvalue weighted by Gasteiger charge is -2.15. The van der Waals surface area contributed by atoms with Gasteiger partial charge in [0.05, 0.1) is 0 Å². The molecule has 0 amide bonds. The third-order valence-corrected chi connectivity index (χ3v) is 1.42. The normalized spacial score (nSPS) is 12.8. The predicted octanol–water partition coefficient (Wildman–Crippen LogP) is 1.63. The molecule has 1 N–H and O–H groups in total. The Balaban J connectivity index is 4.27. The molecule has 12 heavy (non-hydrogen) atoms. The van der Waals surface area contributed by atoms with Gasteiger partial charge in [-0.3, -0.25) is 0 Å². The second-order valence-electron chi connectivity index (χ2n) is 3.61. The molecule has 0 aliphatic carbocycles. The van der Waals surface area contributed by atoms with Crippen molar-refractivity contribution in [1.82, 2.24) is 0 Å². The number of carbonyl (C=O) groups is 2. The number of allylic oxidation sites excluding steroid dienone is 1. The van der Waals surface area contributed by atoms with E-state index in [1.807, 2.05) is 0 Å². The SMILES string of the molecule is C/C(=C/C(=O)O)CC(C)(C)C=O. The van der Waals surface area contributed by atoms with E-state index < -0.39 is 11.4 Å². The summed E-state index contributed by atoms with van der Waals surface area (Å²) in [6.07, 6.45) is 2.46. The average molecular weight is 170 g/mol. The summed E-state index contributed by atoms with van der Waals surface area (Å²) in [6, 6.07) is 0. The summed E-state index contributed by atoms with van der Waals surface area (Å²) < 4.78 is 0. The zero-order chi connectivity index (χ0) is 9.78. The maximum atomic E-state index is 10.5. The molecule has 0 unspecified atom stereocenters. The predicted molar refractivity (Wildman–Crippen MR) is 45.9 cm³/mol. The second-order valence-corrected chi connectivity index (χ2v) is 3.61. The van der Waals surface area contributed by atoms with Crippen LogP contribution in [-0.2, 0) is 9.59 Å². The molecule has 0 aliphatic rings. The Morgan fingerprint density at radius 1 is 1.50 bits per heavy atom. The number of aldehydes is 1. The van der Waals surface area contributed by atoms with Crippen LogP contribution in [0.5, 0.6) is 0 Å². The molecular weight excluding hydrogens is 156 g/mol. The van der Waals surface area contributed by atoms with Crippen LogP contribution >= 0.6 is 0 Å². The summed E-state index contributed by atoms with van der Waals surface area (Å²) >= 11 is 0. The van der Waals surface area contributed by atoms with Crippen LogP contribution in [0.2, 0.25) is 0 Å². The Morgan fingerprint density at radius 3 is 2.33 bits per heavy atom. The van der Waals surface area contributed by atoms with E-state index >= 15 is 0 Å². The van der Waals surface area contributed by atoms with Crippen LogP contribution in [0.25, 0.3) is 0 Å². The van der Waals surface area contributed by atoms with E-state index in [4.69, 9.17) is 5.11 Å². The zero-order valence-corrected chi connectivity index (χ0v) is 7.63. The van der Waals surface area contributed by atoms with E-state index in [0.717, 1.165) is 12.4 Å². The van der Waals surface area contributed by atoms with E-state index in [2.05, 4.69) is 0 Å². The van der Waals surface area contributed by atoms with Crippen LogP contribution in [0.1, 0.15) is 27.2 Å². The molecule has 0 bridgehead atoms. The molecule has 0 aromatic carbocycles. The van der Waals surface area contributed by atoms with Crippen LogP contribution in [0.3, 0.4) is 0 Å². The summed E-state index contributed by atoms with van der Waals surface area (Å²) in [5, 5.41) is 8.39. The highest BCUT2D eigenvalue weighted by Gasteiger charge is 2.16. The summed E-state index contributed by atoms with van der Waals surface area (Å²) in [7, 11) is 0. The molecule has 68 valence electrons. The van der Waals surface area contributed by atoms with Crippen LogP contribution in [0, 0.1) is 5.41 Å². The Bertz CT molecular complexity index is 214. The quantitative estimate of drug-likeness (QED) is 0.515. The molecule has 0 spiro atoms. The minimum absolute atomic E-state index is 0.462. The van der Waals surface area contributed by atoms with Gasteiger partial charge in [-0.1, -0.05) is 19.4 Å². The van der Waals surface area contributed by atoms with Gasteiger partial charge in [0.1, 0.15) is 6.29 Å². The van der Waals surface area contributed by atoms with Crippen molar-refractivity contribution in [2.75, 3.05) is 0 Å². The molecule has 0 aromatic rings. The lowest BCUT2D eigenvalue weighted by molar-refractivity contribution is -0.131. The topological polar surface area (TPSA) is 54.4 Å². The maximum absolute atomic E-state index is 10.5. The molecule has 0 saturated heterocycles. The fourth-order valence-corrected chi connectivity index (χ4v) is 1.02. The van der Waals surface area contributed by atoms with Gasteiger partial charge in [0.15, 0.2) is 0 Å². The summed E-state index contributed by atoms with van der Waals surface area (Å²) in [4.78, 5) is 20.7. The standard InChI is InChI=1S/C9H14O3/c1-7(4-8(11)12)5-9(2,3)6-10/h4,6H,5H2,1-3H3,(H,11,12)/b7-4-. The number of hydrogen-bond acceptors (Lipinski definition) is 2. The van der Waals surface area contributed by atoms with Gasteiger partial charge in [-0.25, -0.2) is 4.79 Å². The van der Waals surface area contributed by atoms with Gasteiger partial charge in [-0.15, -0.1) is 0 Å². The third kappa shape index (κ3) is 4.66. The van der Waals surface area contributed by atoms with Crippen LogP contribution in [-0.4, -0.2) is 17.4 Å². The lowest BCUT2D eigenvalue weighted by atomic mass is 9.88. The van der Waals surface area contributed by atoms with Crippen molar-refractivity contribution in [3.63, 3.8) is 0 Å². The molecule has 0 saturated carbocycles. The summed E-state index contributed by atoms with van der Waals surface area (Å²) in [5.41, 5.74) is 0.246. The van der Waals surface area contributed by atoms with E-state index in [1.54, 1.807) is 20.8 Å². The van der Waals surface area contributed by atoms with Crippen molar-refractivity contribution in [1.29, 1.82) is 0 Å². The number of aliphatic carboxylic acids is 1. The van der Waals surface area contributed by atoms with Crippen LogP contribution < -0.4 is 0 Å². The average Bonchev–Trinajstić information content (AvgIpc) is 1.84. The monoisotopic (exact) mass is 170 g/mol. The minimum atomic E-state index is -0.964. The summed E-state index contributed by atoms with van der Waals surface area (Å²) in [5.74, 6) is -0.964. The van der Waals surface area contributed by atoms with E-state index in [1.165, 1.54) is 0 Å². The molecule has 0 aromatic heterocycles. The molecule has 0 radical (unpaired) electrons. The number of carboxylic acids is 1. The van der Waals surface area contributed by atoms with Crippen molar-refractivity contribution >= 4 is 12.3 Å². The molecule has 3 nitrogen and oxygen atoms in total. The highest BCUT2D eigenvalue weighted by Crippen LogP contribution is 2.21. The zero-order valence-electron chi connectivity index (χ0n) is 7.63. The Kier molecular flexibility index (Phi) is 3.67. The van der Waals surface area contributed by atoms with Gasteiger partial charge in [-0.05, 0) is 13.3 Å². The molecular formula is C9H14O3. The molecule has 3 heteroatoms. The maximum Gasteiger partial charge on any atom is 0.328 e. The highest BCUT2D eigenvalue weighted by atomic mass is 16.4. The minimum Gasteiger partial charge on any atom is -0.478 e. The van der Waals surface area contributed by atoms with Gasteiger partial charge in [0.25, 0.3) is 0 Å². The largest absolute Gasteiger partial charge is 0.478 e. The number of hydrogen-bond donors (Lipinski definition) is 1. The number of carbonyl (C=O) groups excluding carboxylic acids is 1. The molecule has 0 aliphatic heterocycles. The Labute approximate surface area is 72.1 Å². The van der Waals surface area contributed by atoms with Gasteiger partial charge >= 0.3 is 5.97 Å². The fraction of sp³-hybridized carbons (Fsp3) is 0.556. The van der Waals surface area contributed by atoms with Crippen LogP contribution in [0.4, 0.5) is 0 Å². The first-order valence-corrected chi connectivity index (χ1v) is 3.74. The van der Waals surface area contributed by atoms with E-state index in [9.17, 15) is 9.59 Å². The molecule has 0 fully saturated rings. The van der Waals surface area contributed by atoms with Crippen LogP contribution in [0.15, 0.2) is 11.6 Å². The molecule has 0 rings (SSSR count). The van der Waals surface area contributed by atoms with Crippen molar-refractivity contribution in [2.24, 2.45) is 5.41 Å².